The van der Waals surface area contributed by atoms with Gasteiger partial charge in [-0.25, -0.2) is 4.98 Å². The van der Waals surface area contributed by atoms with Crippen LogP contribution in [0.2, 0.25) is 0 Å². The van der Waals surface area contributed by atoms with Gasteiger partial charge in [0.1, 0.15) is 5.75 Å². The quantitative estimate of drug-likeness (QED) is 0.569. The number of carbonyl (C=O) groups excluding carboxylic acids is 1. The van der Waals surface area contributed by atoms with Crippen LogP contribution < -0.4 is 19.5 Å². The predicted octanol–water partition coefficient (Wildman–Crippen LogP) is 4.63. The first-order valence-electron chi connectivity index (χ1n) is 8.94. The molecule has 0 fully saturated rings. The third-order valence-corrected chi connectivity index (χ3v) is 4.56. The van der Waals surface area contributed by atoms with Gasteiger partial charge in [0.05, 0.1) is 19.4 Å². The van der Waals surface area contributed by atoms with Gasteiger partial charge in [-0.05, 0) is 42.8 Å². The van der Waals surface area contributed by atoms with E-state index in [0.717, 1.165) is 23.4 Å². The van der Waals surface area contributed by atoms with Crippen molar-refractivity contribution in [2.45, 2.75) is 13.3 Å². The zero-order chi connectivity index (χ0) is 19.8. The molecule has 6 nitrogen and oxygen atoms in total. The van der Waals surface area contributed by atoms with Crippen molar-refractivity contribution in [2.24, 2.45) is 0 Å². The molecular formula is C21H22N2O4S. The molecule has 28 heavy (non-hydrogen) atoms. The summed E-state index contributed by atoms with van der Waals surface area (Å²) in [6.45, 7) is 2.64. The molecule has 0 saturated carbocycles. The first-order chi connectivity index (χ1) is 13.7. The molecule has 0 aliphatic heterocycles. The highest BCUT2D eigenvalue weighted by molar-refractivity contribution is 7.14. The minimum absolute atomic E-state index is 0.126. The molecule has 1 N–H and O–H groups in total. The highest BCUT2D eigenvalue weighted by atomic mass is 32.1. The van der Waals surface area contributed by atoms with E-state index >= 15 is 0 Å². The van der Waals surface area contributed by atoms with Gasteiger partial charge in [0.25, 0.3) is 5.91 Å². The minimum atomic E-state index is -0.282. The summed E-state index contributed by atoms with van der Waals surface area (Å²) >= 11 is 1.37. The van der Waals surface area contributed by atoms with Gasteiger partial charge in [0, 0.05) is 10.9 Å². The lowest BCUT2D eigenvalue weighted by molar-refractivity contribution is -0.118. The molecule has 7 heteroatoms. The summed E-state index contributed by atoms with van der Waals surface area (Å²) in [6, 6.07) is 14.9. The van der Waals surface area contributed by atoms with Crippen LogP contribution in [0.15, 0.2) is 53.9 Å². The number of ether oxygens (including phenoxy) is 3. The van der Waals surface area contributed by atoms with E-state index in [1.54, 1.807) is 19.2 Å². The fourth-order valence-corrected chi connectivity index (χ4v) is 3.18. The molecule has 0 spiro atoms. The summed E-state index contributed by atoms with van der Waals surface area (Å²) in [5, 5.41) is 5.18. The molecule has 1 amide bonds. The molecule has 3 aromatic rings. The van der Waals surface area contributed by atoms with Crippen molar-refractivity contribution in [1.82, 2.24) is 4.98 Å². The van der Waals surface area contributed by atoms with Crippen molar-refractivity contribution < 1.29 is 19.0 Å². The number of aromatic nitrogens is 1. The predicted molar refractivity (Wildman–Crippen MR) is 110 cm³/mol. The summed E-state index contributed by atoms with van der Waals surface area (Å²) < 4.78 is 16.3. The van der Waals surface area contributed by atoms with E-state index in [1.807, 2.05) is 41.8 Å². The summed E-state index contributed by atoms with van der Waals surface area (Å²) in [6.07, 6.45) is 0.970. The minimum Gasteiger partial charge on any atom is -0.494 e. The Balaban J connectivity index is 1.56. The Labute approximate surface area is 168 Å². The Morgan fingerprint density at radius 2 is 1.82 bits per heavy atom. The number of hydrogen-bond donors (Lipinski definition) is 1. The average Bonchev–Trinajstić information content (AvgIpc) is 3.19. The fourth-order valence-electron chi connectivity index (χ4n) is 2.44. The second-order valence-corrected chi connectivity index (χ2v) is 6.76. The van der Waals surface area contributed by atoms with Crippen LogP contribution in [0.4, 0.5) is 5.13 Å². The number of anilines is 1. The summed E-state index contributed by atoms with van der Waals surface area (Å²) in [5.74, 6) is 1.65. The van der Waals surface area contributed by atoms with Crippen molar-refractivity contribution in [2.75, 3.05) is 25.6 Å². The highest BCUT2D eigenvalue weighted by Crippen LogP contribution is 2.27. The number of hydrogen-bond acceptors (Lipinski definition) is 6. The molecule has 1 heterocycles. The molecule has 0 aliphatic rings. The van der Waals surface area contributed by atoms with Crippen LogP contribution in [-0.2, 0) is 4.79 Å². The van der Waals surface area contributed by atoms with Crippen molar-refractivity contribution in [3.8, 4) is 28.5 Å². The van der Waals surface area contributed by atoms with Gasteiger partial charge in [-0.15, -0.1) is 11.3 Å². The van der Waals surface area contributed by atoms with Crippen LogP contribution in [-0.4, -0.2) is 31.2 Å². The van der Waals surface area contributed by atoms with Crippen LogP contribution in [0, 0.1) is 0 Å². The zero-order valence-electron chi connectivity index (χ0n) is 15.8. The van der Waals surface area contributed by atoms with Crippen LogP contribution in [0.25, 0.3) is 11.3 Å². The van der Waals surface area contributed by atoms with Gasteiger partial charge in [0.2, 0.25) is 0 Å². The van der Waals surface area contributed by atoms with E-state index in [2.05, 4.69) is 17.2 Å². The van der Waals surface area contributed by atoms with Gasteiger partial charge in [-0.2, -0.15) is 0 Å². The van der Waals surface area contributed by atoms with Gasteiger partial charge >= 0.3 is 0 Å². The monoisotopic (exact) mass is 398 g/mol. The van der Waals surface area contributed by atoms with E-state index in [0.29, 0.717) is 23.2 Å². The van der Waals surface area contributed by atoms with Gasteiger partial charge in [-0.1, -0.05) is 19.1 Å². The van der Waals surface area contributed by atoms with Crippen LogP contribution in [0.5, 0.6) is 17.2 Å². The second-order valence-electron chi connectivity index (χ2n) is 5.90. The van der Waals surface area contributed by atoms with Crippen LogP contribution >= 0.6 is 11.3 Å². The maximum Gasteiger partial charge on any atom is 0.264 e. The first kappa shape index (κ1) is 19.7. The Morgan fingerprint density at radius 3 is 2.54 bits per heavy atom. The number of carbonyl (C=O) groups is 1. The first-order valence-corrected chi connectivity index (χ1v) is 9.82. The lowest BCUT2D eigenvalue weighted by atomic mass is 10.2. The number of para-hydroxylation sites is 2. The van der Waals surface area contributed by atoms with E-state index in [4.69, 9.17) is 14.2 Å². The Morgan fingerprint density at radius 1 is 1.07 bits per heavy atom. The summed E-state index contributed by atoms with van der Waals surface area (Å²) in [7, 11) is 1.56. The molecule has 0 atom stereocenters. The van der Waals surface area contributed by atoms with E-state index < -0.39 is 0 Å². The van der Waals surface area contributed by atoms with Crippen LogP contribution in [0.3, 0.4) is 0 Å². The molecule has 0 bridgehead atoms. The van der Waals surface area contributed by atoms with Crippen LogP contribution in [0.1, 0.15) is 13.3 Å². The number of thiazole rings is 1. The Kier molecular flexibility index (Phi) is 6.86. The van der Waals surface area contributed by atoms with Crippen molar-refractivity contribution >= 4 is 22.4 Å². The molecule has 0 unspecified atom stereocenters. The highest BCUT2D eigenvalue weighted by Gasteiger charge is 2.10. The number of amides is 1. The van der Waals surface area contributed by atoms with Gasteiger partial charge < -0.3 is 14.2 Å². The number of benzene rings is 2. The second kappa shape index (κ2) is 9.75. The molecule has 0 saturated heterocycles. The lowest BCUT2D eigenvalue weighted by Crippen LogP contribution is -2.20. The third kappa shape index (κ3) is 5.23. The lowest BCUT2D eigenvalue weighted by Gasteiger charge is -2.09. The SMILES string of the molecule is CCCOc1ccc(-c2csc(NC(=O)COc3ccccc3OC)n2)cc1. The van der Waals surface area contributed by atoms with E-state index in [1.165, 1.54) is 11.3 Å². The van der Waals surface area contributed by atoms with Crippen molar-refractivity contribution in [1.29, 1.82) is 0 Å². The largest absolute Gasteiger partial charge is 0.494 e. The summed E-state index contributed by atoms with van der Waals surface area (Å²) in [5.41, 5.74) is 1.76. The number of methoxy groups -OCH3 is 1. The number of rotatable bonds is 9. The summed E-state index contributed by atoms with van der Waals surface area (Å²) in [4.78, 5) is 16.6. The normalized spacial score (nSPS) is 10.4. The topological polar surface area (TPSA) is 69.7 Å². The molecule has 1 aromatic heterocycles. The zero-order valence-corrected chi connectivity index (χ0v) is 16.6. The third-order valence-electron chi connectivity index (χ3n) is 3.80. The molecule has 0 aliphatic carbocycles. The van der Waals surface area contributed by atoms with Crippen molar-refractivity contribution in [3.63, 3.8) is 0 Å². The molecule has 146 valence electrons. The van der Waals surface area contributed by atoms with E-state index in [9.17, 15) is 4.79 Å². The van der Waals surface area contributed by atoms with Crippen molar-refractivity contribution in [3.05, 3.63) is 53.9 Å². The molecule has 3 rings (SSSR count). The molecule has 2 aromatic carbocycles. The number of nitrogens with zero attached hydrogens (tertiary/aromatic N) is 1. The standard InChI is InChI=1S/C21H22N2O4S/c1-3-12-26-16-10-8-15(9-11-16)17-14-28-21(22-17)23-20(24)13-27-19-7-5-4-6-18(19)25-2/h4-11,14H,3,12-13H2,1-2H3,(H,22,23,24). The fraction of sp³-hybridized carbons (Fsp3) is 0.238. The van der Waals surface area contributed by atoms with Gasteiger partial charge in [0.15, 0.2) is 23.2 Å². The Bertz CT molecular complexity index is 909. The Hall–Kier alpha value is -3.06. The van der Waals surface area contributed by atoms with E-state index in [-0.39, 0.29) is 12.5 Å². The van der Waals surface area contributed by atoms with Gasteiger partial charge in [-0.3, -0.25) is 10.1 Å². The molecule has 0 radical (unpaired) electrons. The number of nitrogens with one attached hydrogen (secondary N) is 1. The smallest absolute Gasteiger partial charge is 0.264 e. The maximum atomic E-state index is 12.1. The average molecular weight is 398 g/mol. The molecular weight excluding hydrogens is 376 g/mol. The maximum absolute atomic E-state index is 12.1.